The lowest BCUT2D eigenvalue weighted by Crippen LogP contribution is -2.13. The molecule has 2 aromatic carbocycles. The highest BCUT2D eigenvalue weighted by atomic mass is 16.6. The second-order valence-electron chi connectivity index (χ2n) is 9.89. The van der Waals surface area contributed by atoms with Crippen molar-refractivity contribution in [3.05, 3.63) is 42.5 Å². The monoisotopic (exact) mass is 556 g/mol. The van der Waals surface area contributed by atoms with E-state index in [9.17, 15) is 0 Å². The first-order valence-electron chi connectivity index (χ1n) is 15.1. The number of unbranched alkanes of at least 4 members (excludes halogenated alkanes) is 9. The molecule has 1 heterocycles. The molecule has 0 bridgehead atoms. The normalized spacial score (nSPS) is 15.4. The van der Waals surface area contributed by atoms with Gasteiger partial charge in [0.1, 0.15) is 19.0 Å². The van der Waals surface area contributed by atoms with Crippen LogP contribution in [0.25, 0.3) is 0 Å². The number of hydrogen-bond donors (Lipinski definition) is 0. The summed E-state index contributed by atoms with van der Waals surface area (Å²) in [6, 6.07) is 13.2. The van der Waals surface area contributed by atoms with E-state index < -0.39 is 0 Å². The molecule has 0 amide bonds. The molecule has 0 unspecified atom stereocenters. The number of ether oxygens (including phenoxy) is 6. The number of benzene rings is 2. The van der Waals surface area contributed by atoms with Gasteiger partial charge in [0, 0.05) is 6.07 Å². The largest absolute Gasteiger partial charge is 0.494 e. The van der Waals surface area contributed by atoms with Crippen molar-refractivity contribution in [2.75, 3.05) is 59.5 Å². The summed E-state index contributed by atoms with van der Waals surface area (Å²) < 4.78 is 34.2. The molecule has 0 saturated heterocycles. The fraction of sp³-hybridized carbons (Fsp3) is 0.625. The third-order valence-electron chi connectivity index (χ3n) is 6.53. The van der Waals surface area contributed by atoms with Crippen molar-refractivity contribution in [1.29, 1.82) is 0 Å². The summed E-state index contributed by atoms with van der Waals surface area (Å²) in [6.45, 7) is 6.88. The summed E-state index contributed by atoms with van der Waals surface area (Å²) in [5, 5.41) is 8.77. The molecular weight excluding hydrogens is 508 g/mol. The zero-order valence-electron chi connectivity index (χ0n) is 24.3. The number of fused-ring (bicyclic) bond motifs is 1. The molecule has 0 saturated carbocycles. The molecule has 0 aliphatic carbocycles. The highest BCUT2D eigenvalue weighted by Gasteiger charge is 2.08. The Hall–Kier alpha value is -2.68. The van der Waals surface area contributed by atoms with E-state index in [0.29, 0.717) is 70.0 Å². The van der Waals surface area contributed by atoms with E-state index in [2.05, 4.69) is 17.2 Å². The molecule has 0 aromatic heterocycles. The van der Waals surface area contributed by atoms with Crippen LogP contribution in [0.15, 0.2) is 52.7 Å². The van der Waals surface area contributed by atoms with E-state index in [1.165, 1.54) is 57.8 Å². The van der Waals surface area contributed by atoms with Crippen LogP contribution in [0.4, 0.5) is 11.4 Å². The highest BCUT2D eigenvalue weighted by Crippen LogP contribution is 2.33. The summed E-state index contributed by atoms with van der Waals surface area (Å²) in [7, 11) is 0. The van der Waals surface area contributed by atoms with Gasteiger partial charge in [0.05, 0.1) is 57.6 Å². The first-order valence-corrected chi connectivity index (χ1v) is 15.1. The van der Waals surface area contributed by atoms with Crippen LogP contribution >= 0.6 is 0 Å². The third kappa shape index (κ3) is 14.1. The Morgan fingerprint density at radius 1 is 0.550 bits per heavy atom. The van der Waals surface area contributed by atoms with Crippen LogP contribution in [0, 0.1) is 0 Å². The van der Waals surface area contributed by atoms with Crippen molar-refractivity contribution in [3.8, 4) is 17.2 Å². The van der Waals surface area contributed by atoms with Crippen LogP contribution in [-0.2, 0) is 14.2 Å². The molecule has 1 aliphatic rings. The lowest BCUT2D eigenvalue weighted by Gasteiger charge is -2.13. The number of nitrogens with zero attached hydrogens (tertiary/aromatic N) is 2. The van der Waals surface area contributed by atoms with Gasteiger partial charge in [-0.2, -0.15) is 10.2 Å². The standard InChI is InChI=1S/C32H48N2O6/c1-2-3-4-5-6-7-8-9-10-11-18-38-30-15-12-28(13-16-30)33-34-29-14-17-31-32(27-29)40-26-24-37-22-20-35-19-21-36-23-25-39-31/h12-17,27H,2-11,18-26H2,1H3. The Labute approximate surface area is 240 Å². The van der Waals surface area contributed by atoms with E-state index in [1.54, 1.807) is 0 Å². The minimum Gasteiger partial charge on any atom is -0.494 e. The maximum Gasteiger partial charge on any atom is 0.163 e. The van der Waals surface area contributed by atoms with Crippen molar-refractivity contribution in [2.24, 2.45) is 10.2 Å². The Kier molecular flexibility index (Phi) is 16.8. The molecule has 0 spiro atoms. The van der Waals surface area contributed by atoms with Crippen molar-refractivity contribution in [2.45, 2.75) is 71.1 Å². The topological polar surface area (TPSA) is 80.1 Å². The van der Waals surface area contributed by atoms with E-state index >= 15 is 0 Å². The summed E-state index contributed by atoms with van der Waals surface area (Å²) in [6.07, 6.45) is 13.2. The summed E-state index contributed by atoms with van der Waals surface area (Å²) >= 11 is 0. The minimum atomic E-state index is 0.397. The molecule has 1 aliphatic heterocycles. The molecule has 222 valence electrons. The second-order valence-corrected chi connectivity index (χ2v) is 9.89. The maximum absolute atomic E-state index is 5.91. The van der Waals surface area contributed by atoms with E-state index in [4.69, 9.17) is 28.4 Å². The van der Waals surface area contributed by atoms with Gasteiger partial charge in [-0.05, 0) is 42.8 Å². The van der Waals surface area contributed by atoms with Gasteiger partial charge in [0.25, 0.3) is 0 Å². The quantitative estimate of drug-likeness (QED) is 0.172. The zero-order chi connectivity index (χ0) is 27.9. The predicted molar refractivity (Wildman–Crippen MR) is 158 cm³/mol. The first-order chi connectivity index (χ1) is 19.8. The zero-order valence-corrected chi connectivity index (χ0v) is 24.3. The van der Waals surface area contributed by atoms with Crippen molar-refractivity contribution in [3.63, 3.8) is 0 Å². The van der Waals surface area contributed by atoms with Gasteiger partial charge >= 0.3 is 0 Å². The van der Waals surface area contributed by atoms with E-state index in [1.807, 2.05) is 42.5 Å². The lowest BCUT2D eigenvalue weighted by atomic mass is 10.1. The van der Waals surface area contributed by atoms with Gasteiger partial charge in [0.2, 0.25) is 0 Å². The molecular formula is C32H48N2O6. The lowest BCUT2D eigenvalue weighted by molar-refractivity contribution is 0.00708. The molecule has 40 heavy (non-hydrogen) atoms. The van der Waals surface area contributed by atoms with Crippen molar-refractivity contribution in [1.82, 2.24) is 0 Å². The second kappa shape index (κ2) is 21.1. The SMILES string of the molecule is CCCCCCCCCCCCOc1ccc(N=Nc2ccc3c(c2)OCCOCCOCCOCCO3)cc1. The van der Waals surface area contributed by atoms with Crippen molar-refractivity contribution < 1.29 is 28.4 Å². The number of azo groups is 1. The van der Waals surface area contributed by atoms with E-state index in [0.717, 1.165) is 24.5 Å². The van der Waals surface area contributed by atoms with Gasteiger partial charge in [0.15, 0.2) is 11.5 Å². The van der Waals surface area contributed by atoms with Gasteiger partial charge < -0.3 is 28.4 Å². The highest BCUT2D eigenvalue weighted by molar-refractivity contribution is 5.52. The van der Waals surface area contributed by atoms with Crippen molar-refractivity contribution >= 4 is 11.4 Å². The Bertz CT molecular complexity index is 938. The Morgan fingerprint density at radius 3 is 1.68 bits per heavy atom. The van der Waals surface area contributed by atoms with Crippen LogP contribution < -0.4 is 14.2 Å². The minimum absolute atomic E-state index is 0.397. The number of rotatable bonds is 14. The molecule has 8 nitrogen and oxygen atoms in total. The van der Waals surface area contributed by atoms with Gasteiger partial charge in [-0.3, -0.25) is 0 Å². The molecule has 2 aromatic rings. The first kappa shape index (κ1) is 31.8. The summed E-state index contributed by atoms with van der Waals surface area (Å²) in [5.74, 6) is 2.10. The third-order valence-corrected chi connectivity index (χ3v) is 6.53. The summed E-state index contributed by atoms with van der Waals surface area (Å²) in [5.41, 5.74) is 1.43. The molecule has 0 atom stereocenters. The smallest absolute Gasteiger partial charge is 0.163 e. The fourth-order valence-corrected chi connectivity index (χ4v) is 4.26. The Balaban J connectivity index is 1.39. The van der Waals surface area contributed by atoms with Crippen LogP contribution in [0.1, 0.15) is 71.1 Å². The fourth-order valence-electron chi connectivity index (χ4n) is 4.26. The molecule has 0 radical (unpaired) electrons. The van der Waals surface area contributed by atoms with Gasteiger partial charge in [-0.15, -0.1) is 0 Å². The van der Waals surface area contributed by atoms with Crippen LogP contribution in [0.5, 0.6) is 17.2 Å². The molecule has 0 fully saturated rings. The average molecular weight is 557 g/mol. The van der Waals surface area contributed by atoms with Crippen LogP contribution in [0.3, 0.4) is 0 Å². The summed E-state index contributed by atoms with van der Waals surface area (Å²) in [4.78, 5) is 0. The van der Waals surface area contributed by atoms with E-state index in [-0.39, 0.29) is 0 Å². The predicted octanol–water partition coefficient (Wildman–Crippen LogP) is 8.22. The number of hydrogen-bond acceptors (Lipinski definition) is 8. The molecule has 0 N–H and O–H groups in total. The Morgan fingerprint density at radius 2 is 1.05 bits per heavy atom. The van der Waals surface area contributed by atoms with Crippen LogP contribution in [-0.4, -0.2) is 59.5 Å². The van der Waals surface area contributed by atoms with Gasteiger partial charge in [-0.1, -0.05) is 64.7 Å². The molecule has 8 heteroatoms. The molecule has 3 rings (SSSR count). The van der Waals surface area contributed by atoms with Gasteiger partial charge in [-0.25, -0.2) is 0 Å². The van der Waals surface area contributed by atoms with Crippen LogP contribution in [0.2, 0.25) is 0 Å². The average Bonchev–Trinajstić information content (AvgIpc) is 2.99. The maximum atomic E-state index is 5.91.